The number of hydrogen-bond acceptors (Lipinski definition) is 25. The highest BCUT2D eigenvalue weighted by Gasteiger charge is 2.41. The number of phenolic OH excluding ortho intramolecular Hbond substituents is 1. The number of nitrogens with zero attached hydrogens (tertiary/aromatic N) is 3. The van der Waals surface area contributed by atoms with Gasteiger partial charge in [0.2, 0.25) is 29.5 Å². The van der Waals surface area contributed by atoms with Crippen LogP contribution in [-0.4, -0.2) is 240 Å². The lowest BCUT2D eigenvalue weighted by Gasteiger charge is -2.39. The zero-order valence-electron chi connectivity index (χ0n) is 65.3. The minimum Gasteiger partial charge on any atom is -0.508 e. The molecule has 2 heterocycles. The van der Waals surface area contributed by atoms with E-state index in [0.29, 0.717) is 36.9 Å². The monoisotopic (exact) mass is 1670 g/mol. The third kappa shape index (κ3) is 35.8. The van der Waals surface area contributed by atoms with Crippen LogP contribution in [0.25, 0.3) is 0 Å². The number of urea groups is 2. The summed E-state index contributed by atoms with van der Waals surface area (Å²) in [5.41, 5.74) is 5.50. The van der Waals surface area contributed by atoms with E-state index in [4.69, 9.17) is 19.3 Å². The predicted octanol–water partition coefficient (Wildman–Crippen LogP) is 4.20. The van der Waals surface area contributed by atoms with E-state index in [9.17, 15) is 97.5 Å². The summed E-state index contributed by atoms with van der Waals surface area (Å²) in [7, 11) is 3.86. The van der Waals surface area contributed by atoms with Gasteiger partial charge < -0.3 is 92.3 Å². The molecule has 636 valence electrons. The van der Waals surface area contributed by atoms with Crippen LogP contribution in [-0.2, 0) is 84.6 Å². The van der Waals surface area contributed by atoms with Crippen LogP contribution in [0.5, 0.6) is 5.75 Å². The van der Waals surface area contributed by atoms with Crippen molar-refractivity contribution in [3.63, 3.8) is 0 Å². The van der Waals surface area contributed by atoms with Crippen LogP contribution in [0.15, 0.2) is 60.0 Å². The standard InChI is InChI=1S/C74H107N13O25S3/c1-9-18-60(94)111-40-87(68(100)61(42(5)10-2)83-66(99)55-22-15-17-30-86(55)8)56(41(3)4)37-57(112-44(7)88)67-79-53(38-113-67)65(98)76-47(34-46-23-25-48(89)26-24-46)33-43(6)62(95)84-85-74(109)110-31-32-114-115-39-54(71(105)106)78-63(96)51(35-45-19-12-11-13-20-45)77-64(97)52(36-59(92)93)82-72(107)75-29-16-14-21-49(69(101)102)80-73(108)81-50(70(103)104)27-28-58(90)91/h11-13,19-20,23-26,38,41-43,47,49-52,54-57,61,89H,9-10,14-18,21-22,27-37,39-40H2,1-8H3,(H,76,98)(H,77,97)(H,78,96)(H,83,99)(H,84,95)(H,85,109)(H,90,91)(H,92,93)(H,101,102)(H,103,104)(H,105,106)(H2,75,82,107)(H2,80,81,108)/t42?,43-,47+,49-,50-,51-,52-,54-,55+,56+,57+,61-/m0/s1. The van der Waals surface area contributed by atoms with E-state index in [1.54, 1.807) is 49.4 Å². The predicted molar refractivity (Wildman–Crippen MR) is 418 cm³/mol. The number of likely N-dealkylation sites (tertiary alicyclic amines) is 1. The fourth-order valence-corrected chi connectivity index (χ4v) is 14.7. The Balaban J connectivity index is 1.35. The first kappa shape index (κ1) is 96.8. The molecule has 41 heteroatoms. The highest BCUT2D eigenvalue weighted by molar-refractivity contribution is 8.76. The van der Waals surface area contributed by atoms with Crippen LogP contribution in [0.4, 0.5) is 14.4 Å². The molecule has 0 radical (unpaired) electrons. The second-order valence-electron chi connectivity index (χ2n) is 27.8. The largest absolute Gasteiger partial charge is 0.508 e. The van der Waals surface area contributed by atoms with Crippen LogP contribution in [0.2, 0.25) is 0 Å². The van der Waals surface area contributed by atoms with Gasteiger partial charge in [0.05, 0.1) is 12.5 Å². The summed E-state index contributed by atoms with van der Waals surface area (Å²) in [4.78, 5) is 215. The number of aromatic nitrogens is 1. The number of carbonyl (C=O) groups excluding carboxylic acids is 11. The number of carbonyl (C=O) groups is 16. The molecule has 0 saturated carbocycles. The number of ether oxygens (including phenoxy) is 3. The van der Waals surface area contributed by atoms with Crippen molar-refractivity contribution in [2.45, 2.75) is 212 Å². The summed E-state index contributed by atoms with van der Waals surface area (Å²) < 4.78 is 16.8. The van der Waals surface area contributed by atoms with E-state index in [2.05, 4.69) is 53.1 Å². The molecule has 1 unspecified atom stereocenters. The number of aliphatic carboxylic acids is 5. The minimum atomic E-state index is -1.81. The molecule has 1 aromatic heterocycles. The van der Waals surface area contributed by atoms with Gasteiger partial charge in [-0.05, 0) is 106 Å². The lowest BCUT2D eigenvalue weighted by molar-refractivity contribution is -0.160. The number of thiazole rings is 1. The van der Waals surface area contributed by atoms with Crippen LogP contribution < -0.4 is 53.4 Å². The van der Waals surface area contributed by atoms with Gasteiger partial charge in [-0.2, -0.15) is 0 Å². The SMILES string of the molecule is CCCC(=O)OCN(C(=O)[C@@H](NC(=O)[C@H]1CCCCN1C)C(C)CC)[C@H](C[C@@H](OC(C)=O)c1nc(C(=O)N[C@@H](Cc2ccc(O)cc2)C[C@H](C)C(=O)NNC(=O)OCCSSC[C@H](NC(=O)[C@H](Cc2ccccc2)NC(=O)[C@H](CC(=O)O)NC(=O)NCCCC[C@H](NC(=O)N[C@@H](CCC(=O)O)C(=O)O)C(=O)O)C(=O)O)cs1)C(C)C. The van der Waals surface area contributed by atoms with Crippen molar-refractivity contribution in [2.24, 2.45) is 17.8 Å². The smallest absolute Gasteiger partial charge is 0.426 e. The topological polar surface area (TPSA) is 562 Å². The first-order valence-corrected chi connectivity index (χ1v) is 40.9. The van der Waals surface area contributed by atoms with Crippen LogP contribution >= 0.6 is 32.9 Å². The number of piperidine rings is 1. The van der Waals surface area contributed by atoms with E-state index < -0.39 is 182 Å². The molecular formula is C74H107N13O25S3. The molecule has 0 aliphatic carbocycles. The van der Waals surface area contributed by atoms with Crippen LogP contribution in [0.1, 0.15) is 171 Å². The lowest BCUT2D eigenvalue weighted by Crippen LogP contribution is -2.59. The number of carboxylic acids is 5. The number of esters is 2. The Morgan fingerprint density at radius 1 is 0.661 bits per heavy atom. The number of rotatable bonds is 50. The van der Waals surface area contributed by atoms with E-state index in [0.717, 1.165) is 45.8 Å². The maximum atomic E-state index is 15.0. The number of unbranched alkanes of at least 4 members (excludes halogenated alkanes) is 1. The molecule has 3 aromatic rings. The first-order valence-electron chi connectivity index (χ1n) is 37.5. The van der Waals surface area contributed by atoms with Crippen molar-refractivity contribution in [1.29, 1.82) is 0 Å². The van der Waals surface area contributed by atoms with Gasteiger partial charge in [-0.3, -0.25) is 58.3 Å². The third-order valence-electron chi connectivity index (χ3n) is 18.3. The quantitative estimate of drug-likeness (QED) is 0.00940. The third-order valence-corrected chi connectivity index (χ3v) is 21.7. The molecule has 1 saturated heterocycles. The van der Waals surface area contributed by atoms with Gasteiger partial charge in [0.1, 0.15) is 59.3 Å². The Hall–Kier alpha value is -10.5. The Morgan fingerprint density at radius 2 is 1.30 bits per heavy atom. The number of hydrazine groups is 1. The molecule has 0 spiro atoms. The van der Waals surface area contributed by atoms with Crippen molar-refractivity contribution in [2.75, 3.05) is 45.0 Å². The summed E-state index contributed by atoms with van der Waals surface area (Å²) in [6.45, 7) is 11.8. The average Bonchev–Trinajstić information content (AvgIpc) is 1.80. The van der Waals surface area contributed by atoms with Gasteiger partial charge in [0.25, 0.3) is 5.91 Å². The second kappa shape index (κ2) is 50.6. The molecule has 38 nitrogen and oxygen atoms in total. The molecule has 11 amide bonds. The second-order valence-corrected chi connectivity index (χ2v) is 31.4. The highest BCUT2D eigenvalue weighted by Crippen LogP contribution is 2.33. The van der Waals surface area contributed by atoms with Gasteiger partial charge in [0.15, 0.2) is 12.8 Å². The number of carboxylic acid groups (broad SMARTS) is 5. The number of hydrogen-bond donors (Lipinski definition) is 16. The normalized spacial score (nSPS) is 15.5. The highest BCUT2D eigenvalue weighted by atomic mass is 33.1. The molecule has 1 fully saturated rings. The van der Waals surface area contributed by atoms with Gasteiger partial charge in [-0.25, -0.2) is 39.2 Å². The van der Waals surface area contributed by atoms with E-state index in [1.807, 2.05) is 45.0 Å². The molecule has 0 bridgehead atoms. The number of nitrogens with one attached hydrogen (secondary N) is 10. The van der Waals surface area contributed by atoms with Crippen molar-refractivity contribution < 1.29 is 122 Å². The zero-order chi connectivity index (χ0) is 85.4. The van der Waals surface area contributed by atoms with Crippen molar-refractivity contribution in [1.82, 2.24) is 68.2 Å². The summed E-state index contributed by atoms with van der Waals surface area (Å²) in [6, 6.07) is 0.820. The van der Waals surface area contributed by atoms with Crippen molar-refractivity contribution in [3.8, 4) is 5.75 Å². The Labute approximate surface area is 676 Å². The Bertz CT molecular complexity index is 3770. The average molecular weight is 1670 g/mol. The Kier molecular flexibility index (Phi) is 42.6. The van der Waals surface area contributed by atoms with Crippen molar-refractivity contribution >= 4 is 128 Å². The summed E-state index contributed by atoms with van der Waals surface area (Å²) in [5.74, 6) is -14.9. The Morgan fingerprint density at radius 3 is 1.90 bits per heavy atom. The van der Waals surface area contributed by atoms with Gasteiger partial charge in [0, 0.05) is 74.0 Å². The molecule has 1 aliphatic rings. The molecule has 16 N–H and O–H groups in total. The lowest BCUT2D eigenvalue weighted by atomic mass is 9.92. The van der Waals surface area contributed by atoms with E-state index in [-0.39, 0.29) is 110 Å². The number of phenols is 1. The molecule has 4 rings (SSSR count). The van der Waals surface area contributed by atoms with Crippen LogP contribution in [0, 0.1) is 17.8 Å². The van der Waals surface area contributed by atoms with E-state index >= 15 is 4.79 Å². The fourth-order valence-electron chi connectivity index (χ4n) is 11.9. The minimum absolute atomic E-state index is 0.0249. The molecule has 115 heavy (non-hydrogen) atoms. The summed E-state index contributed by atoms with van der Waals surface area (Å²) >= 11 is 1.01. The maximum absolute atomic E-state index is 15.0. The van der Waals surface area contributed by atoms with Gasteiger partial charge >= 0.3 is 59.9 Å². The fraction of sp³-hybridized carbons (Fsp3) is 0.581. The number of benzene rings is 2. The molecule has 2 aromatic carbocycles. The first-order chi connectivity index (χ1) is 54.5. The molecule has 1 aliphatic heterocycles. The summed E-state index contributed by atoms with van der Waals surface area (Å²) in [6.07, 6.45) is -1.14. The maximum Gasteiger partial charge on any atom is 0.426 e. The number of likely N-dealkylation sites (N-methyl/N-ethyl adjacent to an activating group) is 1. The molecular weight excluding hydrogens is 1570 g/mol. The van der Waals surface area contributed by atoms with Gasteiger partial charge in [-0.1, -0.05) is 118 Å². The van der Waals surface area contributed by atoms with Gasteiger partial charge in [-0.15, -0.1) is 11.3 Å². The van der Waals surface area contributed by atoms with Crippen molar-refractivity contribution in [3.05, 3.63) is 81.8 Å². The van der Waals surface area contributed by atoms with E-state index in [1.165, 1.54) is 36.3 Å². The van der Waals surface area contributed by atoms with Crippen LogP contribution in [0.3, 0.4) is 0 Å². The number of amides is 11. The molecule has 12 atom stereocenters. The zero-order valence-corrected chi connectivity index (χ0v) is 67.8. The number of aromatic hydroxyl groups is 1. The summed E-state index contributed by atoms with van der Waals surface area (Å²) in [5, 5.41) is 78.7.